The molecule has 0 aliphatic carbocycles. The molecule has 0 atom stereocenters. The van der Waals surface area contributed by atoms with Crippen LogP contribution in [0.1, 0.15) is 27.0 Å². The highest BCUT2D eigenvalue weighted by atomic mass is 16.1. The van der Waals surface area contributed by atoms with E-state index in [4.69, 9.17) is 0 Å². The molecule has 4 rings (SSSR count). The summed E-state index contributed by atoms with van der Waals surface area (Å²) in [7, 11) is 4.25. The molecule has 6 nitrogen and oxygen atoms in total. The van der Waals surface area contributed by atoms with Crippen molar-refractivity contribution in [1.82, 2.24) is 20.3 Å². The molecule has 1 amide bonds. The van der Waals surface area contributed by atoms with Crippen LogP contribution < -0.4 is 10.2 Å². The lowest BCUT2D eigenvalue weighted by Gasteiger charge is -2.13. The number of nitrogens with zero attached hydrogens (tertiary/aromatic N) is 3. The molecule has 0 radical (unpaired) electrons. The van der Waals surface area contributed by atoms with Crippen molar-refractivity contribution in [2.24, 2.45) is 0 Å². The van der Waals surface area contributed by atoms with E-state index in [2.05, 4.69) is 41.9 Å². The van der Waals surface area contributed by atoms with E-state index in [0.29, 0.717) is 18.7 Å². The lowest BCUT2D eigenvalue weighted by molar-refractivity contribution is -0.872. The minimum atomic E-state index is -0.0697. The Morgan fingerprint density at radius 2 is 1.63 bits per heavy atom. The number of hydrogen-bond acceptors (Lipinski definition) is 3. The normalized spacial score (nSPS) is 11.2. The van der Waals surface area contributed by atoms with Gasteiger partial charge >= 0.3 is 0 Å². The first kappa shape index (κ1) is 19.8. The lowest BCUT2D eigenvalue weighted by Crippen LogP contribution is -3.04. The molecule has 0 unspecified atom stereocenters. The van der Waals surface area contributed by atoms with Crippen LogP contribution in [0.25, 0.3) is 11.0 Å². The molecule has 2 N–H and O–H groups in total. The molecular formula is C24H26N5O+. The highest BCUT2D eigenvalue weighted by Gasteiger charge is 2.10. The van der Waals surface area contributed by atoms with Crippen LogP contribution in [0.2, 0.25) is 0 Å². The first-order chi connectivity index (χ1) is 14.6. The Morgan fingerprint density at radius 1 is 0.933 bits per heavy atom. The Hall–Kier alpha value is -3.51. The van der Waals surface area contributed by atoms with E-state index in [1.807, 2.05) is 65.3 Å². The number of carbonyl (C=O) groups is 1. The molecule has 30 heavy (non-hydrogen) atoms. The van der Waals surface area contributed by atoms with Gasteiger partial charge in [0.05, 0.1) is 26.2 Å². The minimum Gasteiger partial charge on any atom is -0.348 e. The third kappa shape index (κ3) is 4.55. The van der Waals surface area contributed by atoms with E-state index >= 15 is 0 Å². The molecule has 0 bridgehead atoms. The van der Waals surface area contributed by atoms with Gasteiger partial charge in [0.1, 0.15) is 12.1 Å². The van der Waals surface area contributed by atoms with Crippen molar-refractivity contribution in [1.29, 1.82) is 0 Å². The second kappa shape index (κ2) is 8.88. The van der Waals surface area contributed by atoms with E-state index in [1.54, 1.807) is 0 Å². The summed E-state index contributed by atoms with van der Waals surface area (Å²) in [4.78, 5) is 14.0. The predicted octanol–water partition coefficient (Wildman–Crippen LogP) is 2.05. The van der Waals surface area contributed by atoms with Crippen molar-refractivity contribution in [3.05, 3.63) is 95.1 Å². The van der Waals surface area contributed by atoms with E-state index in [0.717, 1.165) is 28.7 Å². The maximum Gasteiger partial charge on any atom is 0.251 e. The van der Waals surface area contributed by atoms with Gasteiger partial charge in [-0.2, -0.15) is 0 Å². The van der Waals surface area contributed by atoms with Gasteiger partial charge in [-0.15, -0.1) is 5.10 Å². The zero-order valence-corrected chi connectivity index (χ0v) is 17.3. The van der Waals surface area contributed by atoms with Gasteiger partial charge in [-0.05, 0) is 35.4 Å². The number of fused-ring (bicyclic) bond motifs is 1. The number of aromatic nitrogens is 3. The SMILES string of the molecule is C[NH+](C)Cc1ccccc1CNC(=O)c1ccc(Cn2nnc3ccccc32)cc1. The highest BCUT2D eigenvalue weighted by molar-refractivity contribution is 5.94. The third-order valence-corrected chi connectivity index (χ3v) is 5.07. The summed E-state index contributed by atoms with van der Waals surface area (Å²) in [6.07, 6.45) is 0. The molecule has 152 valence electrons. The molecule has 4 aromatic rings. The molecule has 1 aromatic heterocycles. The zero-order chi connectivity index (χ0) is 20.9. The van der Waals surface area contributed by atoms with Crippen LogP contribution in [-0.4, -0.2) is 35.0 Å². The maximum absolute atomic E-state index is 12.6. The van der Waals surface area contributed by atoms with Crippen LogP contribution in [0.15, 0.2) is 72.8 Å². The number of benzene rings is 3. The van der Waals surface area contributed by atoms with Crippen LogP contribution in [0.4, 0.5) is 0 Å². The molecule has 0 aliphatic heterocycles. The number of para-hydroxylation sites is 1. The van der Waals surface area contributed by atoms with Crippen LogP contribution in [0, 0.1) is 0 Å². The third-order valence-electron chi connectivity index (χ3n) is 5.07. The van der Waals surface area contributed by atoms with Crippen molar-refractivity contribution in [3.63, 3.8) is 0 Å². The second-order valence-electron chi connectivity index (χ2n) is 7.77. The first-order valence-electron chi connectivity index (χ1n) is 10.1. The number of nitrogens with one attached hydrogen (secondary N) is 2. The molecule has 0 saturated heterocycles. The van der Waals surface area contributed by atoms with Crippen LogP contribution in [0.5, 0.6) is 0 Å². The Balaban J connectivity index is 1.40. The van der Waals surface area contributed by atoms with Gasteiger partial charge in [0, 0.05) is 17.7 Å². The summed E-state index contributed by atoms with van der Waals surface area (Å²) in [6, 6.07) is 23.8. The minimum absolute atomic E-state index is 0.0697. The lowest BCUT2D eigenvalue weighted by atomic mass is 10.1. The average molecular weight is 401 g/mol. The Bertz CT molecular complexity index is 1150. The smallest absolute Gasteiger partial charge is 0.251 e. The zero-order valence-electron chi connectivity index (χ0n) is 17.3. The molecular weight excluding hydrogens is 374 g/mol. The van der Waals surface area contributed by atoms with Crippen molar-refractivity contribution >= 4 is 16.9 Å². The molecule has 0 saturated carbocycles. The summed E-state index contributed by atoms with van der Waals surface area (Å²) < 4.78 is 1.87. The summed E-state index contributed by atoms with van der Waals surface area (Å²) in [5.41, 5.74) is 6.01. The summed E-state index contributed by atoms with van der Waals surface area (Å²) in [5.74, 6) is -0.0697. The number of amides is 1. The monoisotopic (exact) mass is 400 g/mol. The van der Waals surface area contributed by atoms with Gasteiger partial charge in [0.25, 0.3) is 5.91 Å². The van der Waals surface area contributed by atoms with Crippen LogP contribution in [0.3, 0.4) is 0 Å². The second-order valence-corrected chi connectivity index (χ2v) is 7.77. The molecule has 0 aliphatic rings. The topological polar surface area (TPSA) is 64.2 Å². The number of quaternary nitrogens is 1. The largest absolute Gasteiger partial charge is 0.348 e. The van der Waals surface area contributed by atoms with Crippen molar-refractivity contribution in [2.45, 2.75) is 19.6 Å². The highest BCUT2D eigenvalue weighted by Crippen LogP contribution is 2.13. The molecule has 0 fully saturated rings. The Kier molecular flexibility index (Phi) is 5.86. The quantitative estimate of drug-likeness (QED) is 0.499. The van der Waals surface area contributed by atoms with Crippen molar-refractivity contribution < 1.29 is 9.69 Å². The molecule has 0 spiro atoms. The number of hydrogen-bond donors (Lipinski definition) is 2. The van der Waals surface area contributed by atoms with Crippen LogP contribution >= 0.6 is 0 Å². The van der Waals surface area contributed by atoms with Crippen molar-refractivity contribution in [3.8, 4) is 0 Å². The summed E-state index contributed by atoms with van der Waals surface area (Å²) in [6.45, 7) is 2.06. The Morgan fingerprint density at radius 3 is 2.40 bits per heavy atom. The maximum atomic E-state index is 12.6. The van der Waals surface area contributed by atoms with Gasteiger partial charge in [-0.25, -0.2) is 4.68 Å². The number of carbonyl (C=O) groups excluding carboxylic acids is 1. The van der Waals surface area contributed by atoms with Crippen LogP contribution in [-0.2, 0) is 19.6 Å². The van der Waals surface area contributed by atoms with Gasteiger partial charge in [-0.3, -0.25) is 4.79 Å². The fourth-order valence-corrected chi connectivity index (χ4v) is 3.53. The van der Waals surface area contributed by atoms with E-state index in [1.165, 1.54) is 10.5 Å². The summed E-state index contributed by atoms with van der Waals surface area (Å²) in [5, 5.41) is 11.5. The van der Waals surface area contributed by atoms with Gasteiger partial charge in [-0.1, -0.05) is 53.7 Å². The van der Waals surface area contributed by atoms with Gasteiger partial charge in [0.2, 0.25) is 0 Å². The number of rotatable bonds is 7. The fourth-order valence-electron chi connectivity index (χ4n) is 3.53. The molecule has 6 heteroatoms. The standard InChI is InChI=1S/C24H25N5O/c1-28(2)17-21-8-4-3-7-20(21)15-25-24(30)19-13-11-18(12-14-19)16-29-23-10-6-5-9-22(23)26-27-29/h3-14H,15-17H2,1-2H3,(H,25,30)/p+1. The van der Waals surface area contributed by atoms with Gasteiger partial charge in [0.15, 0.2) is 0 Å². The predicted molar refractivity (Wildman–Crippen MR) is 117 cm³/mol. The first-order valence-corrected chi connectivity index (χ1v) is 10.1. The van der Waals surface area contributed by atoms with E-state index in [-0.39, 0.29) is 5.91 Å². The molecule has 1 heterocycles. The fraction of sp³-hybridized carbons (Fsp3) is 0.208. The summed E-state index contributed by atoms with van der Waals surface area (Å²) >= 11 is 0. The average Bonchev–Trinajstić information content (AvgIpc) is 3.16. The van der Waals surface area contributed by atoms with E-state index < -0.39 is 0 Å². The molecule has 3 aromatic carbocycles. The van der Waals surface area contributed by atoms with E-state index in [9.17, 15) is 4.79 Å². The Labute approximate surface area is 176 Å². The van der Waals surface area contributed by atoms with Gasteiger partial charge < -0.3 is 10.2 Å². The van der Waals surface area contributed by atoms with Crippen molar-refractivity contribution in [2.75, 3.05) is 14.1 Å².